The van der Waals surface area contributed by atoms with E-state index in [9.17, 15) is 14.0 Å². The van der Waals surface area contributed by atoms with E-state index in [-0.39, 0.29) is 18.1 Å². The minimum Gasteiger partial charge on any atom is -0.493 e. The summed E-state index contributed by atoms with van der Waals surface area (Å²) in [4.78, 5) is 37.1. The number of rotatable bonds is 11. The first-order chi connectivity index (χ1) is 17.7. The Bertz CT molecular complexity index is 1200. The smallest absolute Gasteiger partial charge is 0.275 e. The molecule has 9 heteroatoms. The third-order valence-electron chi connectivity index (χ3n) is 6.22. The molecule has 37 heavy (non-hydrogen) atoms. The highest BCUT2D eigenvalue weighted by Gasteiger charge is 2.34. The van der Waals surface area contributed by atoms with E-state index in [1.807, 2.05) is 32.9 Å². The van der Waals surface area contributed by atoms with Crippen LogP contribution in [0.15, 0.2) is 61.1 Å². The fourth-order valence-corrected chi connectivity index (χ4v) is 3.80. The lowest BCUT2D eigenvalue weighted by atomic mass is 9.98. The molecule has 196 valence electrons. The number of amides is 2. The summed E-state index contributed by atoms with van der Waals surface area (Å²) in [5.41, 5.74) is 0.946. The van der Waals surface area contributed by atoms with E-state index >= 15 is 0 Å². The fourth-order valence-electron chi connectivity index (χ4n) is 3.80. The summed E-state index contributed by atoms with van der Waals surface area (Å²) in [5, 5.41) is 3.04. The van der Waals surface area contributed by atoms with Crippen LogP contribution in [0.5, 0.6) is 11.5 Å². The Labute approximate surface area is 216 Å². The first kappa shape index (κ1) is 27.6. The molecule has 2 aromatic carbocycles. The highest BCUT2D eigenvalue weighted by atomic mass is 19.1. The summed E-state index contributed by atoms with van der Waals surface area (Å²) >= 11 is 0. The van der Waals surface area contributed by atoms with Crippen molar-refractivity contribution in [3.63, 3.8) is 0 Å². The molecule has 0 saturated heterocycles. The number of hydrogen-bond donors (Lipinski definition) is 1. The van der Waals surface area contributed by atoms with E-state index in [4.69, 9.17) is 9.47 Å². The molecule has 0 bridgehead atoms. The monoisotopic (exact) mass is 508 g/mol. The molecule has 0 saturated carbocycles. The lowest BCUT2D eigenvalue weighted by molar-refractivity contribution is -0.127. The maximum absolute atomic E-state index is 13.8. The lowest BCUT2D eigenvalue weighted by Gasteiger charge is -2.34. The van der Waals surface area contributed by atoms with Gasteiger partial charge in [0.15, 0.2) is 11.5 Å². The van der Waals surface area contributed by atoms with Crippen molar-refractivity contribution in [2.24, 2.45) is 0 Å². The molecule has 1 aromatic heterocycles. The number of ether oxygens (including phenoxy) is 2. The molecule has 0 radical (unpaired) electrons. The van der Waals surface area contributed by atoms with Crippen LogP contribution in [-0.4, -0.2) is 53.0 Å². The molecule has 0 aliphatic heterocycles. The molecule has 8 nitrogen and oxygen atoms in total. The van der Waals surface area contributed by atoms with Gasteiger partial charge in [-0.1, -0.05) is 25.1 Å². The van der Waals surface area contributed by atoms with E-state index in [0.29, 0.717) is 29.9 Å². The van der Waals surface area contributed by atoms with E-state index in [1.54, 1.807) is 20.3 Å². The Hall–Kier alpha value is -4.01. The third-order valence-corrected chi connectivity index (χ3v) is 6.22. The first-order valence-corrected chi connectivity index (χ1v) is 12.0. The van der Waals surface area contributed by atoms with Crippen molar-refractivity contribution in [3.05, 3.63) is 83.7 Å². The van der Waals surface area contributed by atoms with Gasteiger partial charge in [-0.25, -0.2) is 9.37 Å². The average molecular weight is 509 g/mol. The summed E-state index contributed by atoms with van der Waals surface area (Å²) in [6.07, 6.45) is 5.35. The van der Waals surface area contributed by atoms with Gasteiger partial charge in [0, 0.05) is 24.5 Å². The molecule has 3 rings (SSSR count). The van der Waals surface area contributed by atoms with Crippen molar-refractivity contribution in [3.8, 4) is 11.5 Å². The molecule has 1 N–H and O–H groups in total. The normalized spacial score (nSPS) is 11.9. The predicted molar refractivity (Wildman–Crippen MR) is 138 cm³/mol. The number of benzene rings is 2. The Morgan fingerprint density at radius 3 is 2.35 bits per heavy atom. The van der Waals surface area contributed by atoms with Crippen LogP contribution in [0.25, 0.3) is 0 Å². The van der Waals surface area contributed by atoms with Crippen LogP contribution in [0.4, 0.5) is 4.39 Å². The van der Waals surface area contributed by atoms with Crippen LogP contribution in [-0.2, 0) is 11.2 Å². The summed E-state index contributed by atoms with van der Waals surface area (Å²) in [5.74, 6) is -0.127. The van der Waals surface area contributed by atoms with Gasteiger partial charge in [0.1, 0.15) is 17.6 Å². The summed E-state index contributed by atoms with van der Waals surface area (Å²) in [6.45, 7) is 5.95. The Kier molecular flexibility index (Phi) is 9.16. The molecule has 3 aromatic rings. The summed E-state index contributed by atoms with van der Waals surface area (Å²) in [6, 6.07) is 10.1. The van der Waals surface area contributed by atoms with Crippen LogP contribution in [0.1, 0.15) is 54.8 Å². The van der Waals surface area contributed by atoms with Gasteiger partial charge >= 0.3 is 0 Å². The lowest BCUT2D eigenvalue weighted by Crippen LogP contribution is -2.50. The molecule has 1 heterocycles. The maximum Gasteiger partial charge on any atom is 0.275 e. The van der Waals surface area contributed by atoms with Gasteiger partial charge in [-0.2, -0.15) is 0 Å². The van der Waals surface area contributed by atoms with Gasteiger partial charge < -0.3 is 19.7 Å². The zero-order chi connectivity index (χ0) is 27.0. The molecule has 0 aliphatic carbocycles. The molecule has 0 spiro atoms. The van der Waals surface area contributed by atoms with E-state index in [1.165, 1.54) is 47.8 Å². The van der Waals surface area contributed by atoms with Crippen molar-refractivity contribution >= 4 is 11.8 Å². The van der Waals surface area contributed by atoms with E-state index < -0.39 is 23.3 Å². The summed E-state index contributed by atoms with van der Waals surface area (Å²) in [7, 11) is 3.11. The minimum absolute atomic E-state index is 0.101. The number of nitrogens with one attached hydrogen (secondary N) is 1. The number of nitrogens with zero attached hydrogens (tertiary/aromatic N) is 3. The number of carbonyl (C=O) groups is 2. The standard InChI is InChI=1S/C28H33FN4O4/c1-6-28(2,3)32-26(34)25(20-8-10-21(29)11-9-20)33(27(35)22-18-30-14-15-31-22)16-13-19-7-12-23(36-4)24(17-19)37-5/h7-12,14-15,17-18,25H,6,13,16H2,1-5H3,(H,32,34). The highest BCUT2D eigenvalue weighted by molar-refractivity contribution is 5.96. The zero-order valence-electron chi connectivity index (χ0n) is 21.8. The quantitative estimate of drug-likeness (QED) is 0.414. The van der Waals surface area contributed by atoms with Gasteiger partial charge in [0.05, 0.1) is 20.4 Å². The number of hydrogen-bond acceptors (Lipinski definition) is 6. The fraction of sp³-hybridized carbons (Fsp3) is 0.357. The Balaban J connectivity index is 2.04. The zero-order valence-corrected chi connectivity index (χ0v) is 21.8. The number of halogens is 1. The van der Waals surface area contributed by atoms with E-state index in [0.717, 1.165) is 5.56 Å². The molecular weight excluding hydrogens is 475 g/mol. The molecular formula is C28H33FN4O4. The van der Waals surface area contributed by atoms with Crippen LogP contribution in [0.3, 0.4) is 0 Å². The van der Waals surface area contributed by atoms with Crippen LogP contribution in [0, 0.1) is 5.82 Å². The van der Waals surface area contributed by atoms with E-state index in [2.05, 4.69) is 15.3 Å². The highest BCUT2D eigenvalue weighted by Crippen LogP contribution is 2.29. The van der Waals surface area contributed by atoms with Crippen molar-refractivity contribution in [2.45, 2.75) is 45.2 Å². The summed E-state index contributed by atoms with van der Waals surface area (Å²) < 4.78 is 24.5. The average Bonchev–Trinajstić information content (AvgIpc) is 2.91. The number of aromatic nitrogens is 2. The second-order valence-electron chi connectivity index (χ2n) is 9.21. The Morgan fingerprint density at radius 2 is 1.76 bits per heavy atom. The SMILES string of the molecule is CCC(C)(C)NC(=O)C(c1ccc(F)cc1)N(CCc1ccc(OC)c(OC)c1)C(=O)c1cnccn1. The van der Waals surface area contributed by atoms with Gasteiger partial charge in [0.2, 0.25) is 5.91 Å². The Morgan fingerprint density at radius 1 is 1.05 bits per heavy atom. The molecule has 1 atom stereocenters. The number of carbonyl (C=O) groups excluding carboxylic acids is 2. The largest absolute Gasteiger partial charge is 0.493 e. The first-order valence-electron chi connectivity index (χ1n) is 12.0. The maximum atomic E-state index is 13.8. The van der Waals surface area contributed by atoms with Crippen LogP contribution < -0.4 is 14.8 Å². The van der Waals surface area contributed by atoms with Gasteiger partial charge in [-0.05, 0) is 62.1 Å². The van der Waals surface area contributed by atoms with Gasteiger partial charge in [-0.15, -0.1) is 0 Å². The van der Waals surface area contributed by atoms with Crippen molar-refractivity contribution < 1.29 is 23.5 Å². The molecule has 0 aliphatic rings. The molecule has 2 amide bonds. The minimum atomic E-state index is -1.03. The number of methoxy groups -OCH3 is 2. The van der Waals surface area contributed by atoms with Crippen molar-refractivity contribution in [1.29, 1.82) is 0 Å². The second-order valence-corrected chi connectivity index (χ2v) is 9.21. The van der Waals surface area contributed by atoms with Crippen LogP contribution >= 0.6 is 0 Å². The topological polar surface area (TPSA) is 93.7 Å². The van der Waals surface area contributed by atoms with Crippen LogP contribution in [0.2, 0.25) is 0 Å². The second kappa shape index (κ2) is 12.3. The molecule has 1 unspecified atom stereocenters. The van der Waals surface area contributed by atoms with Gasteiger partial charge in [0.25, 0.3) is 5.91 Å². The third kappa shape index (κ3) is 7.03. The van der Waals surface area contributed by atoms with Gasteiger partial charge in [-0.3, -0.25) is 14.6 Å². The predicted octanol–water partition coefficient (Wildman–Crippen LogP) is 4.36. The van der Waals surface area contributed by atoms with Crippen molar-refractivity contribution in [1.82, 2.24) is 20.2 Å². The van der Waals surface area contributed by atoms with Crippen molar-refractivity contribution in [2.75, 3.05) is 20.8 Å². The molecule has 0 fully saturated rings.